The van der Waals surface area contributed by atoms with E-state index in [1.165, 1.54) is 36.2 Å². The van der Waals surface area contributed by atoms with Gasteiger partial charge in [0.05, 0.1) is 23.4 Å². The van der Waals surface area contributed by atoms with E-state index in [1.54, 1.807) is 17.0 Å². The zero-order valence-corrected chi connectivity index (χ0v) is 17.5. The molecule has 0 radical (unpaired) electrons. The molecule has 2 aromatic rings. The molecule has 2 aromatic heterocycles. The number of likely N-dealkylation sites (tertiary alicyclic amines) is 1. The molecule has 1 fully saturated rings. The van der Waals surface area contributed by atoms with Crippen molar-refractivity contribution in [3.63, 3.8) is 0 Å². The fraction of sp³-hybridized carbons (Fsp3) is 0.682. The molecule has 28 heavy (non-hydrogen) atoms. The van der Waals surface area contributed by atoms with E-state index < -0.39 is 0 Å². The summed E-state index contributed by atoms with van der Waals surface area (Å²) in [6, 6.07) is 1.70. The molecule has 1 aliphatic heterocycles. The van der Waals surface area contributed by atoms with Crippen molar-refractivity contribution in [3.8, 4) is 0 Å². The maximum atomic E-state index is 12.4. The van der Waals surface area contributed by atoms with E-state index in [2.05, 4.69) is 35.5 Å². The fourth-order valence-corrected chi connectivity index (χ4v) is 4.66. The Morgan fingerprint density at radius 1 is 1.18 bits per heavy atom. The molecule has 1 saturated heterocycles. The quantitative estimate of drug-likeness (QED) is 0.797. The SMILES string of the molecule is CC(C)c1cc(=O)n(CC2CCN(Cc3c4c(nn3C)CCCC4)CC2)cn1. The summed E-state index contributed by atoms with van der Waals surface area (Å²) >= 11 is 0. The predicted octanol–water partition coefficient (Wildman–Crippen LogP) is 2.89. The monoisotopic (exact) mass is 383 g/mol. The Balaban J connectivity index is 1.34. The van der Waals surface area contributed by atoms with Crippen LogP contribution in [0.1, 0.15) is 68.1 Å². The van der Waals surface area contributed by atoms with Gasteiger partial charge in [0.2, 0.25) is 0 Å². The van der Waals surface area contributed by atoms with Gasteiger partial charge in [0.15, 0.2) is 0 Å². The number of rotatable bonds is 5. The van der Waals surface area contributed by atoms with Crippen LogP contribution in [0.2, 0.25) is 0 Å². The molecule has 0 N–H and O–H groups in total. The minimum atomic E-state index is 0.0858. The van der Waals surface area contributed by atoms with Crippen LogP contribution in [0.25, 0.3) is 0 Å². The summed E-state index contributed by atoms with van der Waals surface area (Å²) in [5.74, 6) is 0.851. The van der Waals surface area contributed by atoms with Crippen LogP contribution in [0.3, 0.4) is 0 Å². The molecule has 6 heteroatoms. The standard InChI is InChI=1S/C22H33N5O/c1-16(2)20-12-22(28)27(15-23-20)13-17-8-10-26(11-9-17)14-21-18-6-4-5-7-19(18)24-25(21)3/h12,15-17H,4-11,13-14H2,1-3H3. The Bertz CT molecular complexity index is 874. The van der Waals surface area contributed by atoms with E-state index in [4.69, 9.17) is 5.10 Å². The summed E-state index contributed by atoms with van der Waals surface area (Å²) in [4.78, 5) is 19.4. The smallest absolute Gasteiger partial charge is 0.253 e. The molecule has 6 nitrogen and oxygen atoms in total. The molecular weight excluding hydrogens is 350 g/mol. The maximum Gasteiger partial charge on any atom is 0.253 e. The van der Waals surface area contributed by atoms with Crippen molar-refractivity contribution < 1.29 is 0 Å². The fourth-order valence-electron chi connectivity index (χ4n) is 4.66. The summed E-state index contributed by atoms with van der Waals surface area (Å²) in [5, 5.41) is 4.76. The molecule has 0 atom stereocenters. The normalized spacial score (nSPS) is 18.6. The zero-order chi connectivity index (χ0) is 19.7. The Morgan fingerprint density at radius 3 is 2.64 bits per heavy atom. The number of aryl methyl sites for hydroxylation is 2. The topological polar surface area (TPSA) is 56.0 Å². The first-order chi connectivity index (χ1) is 13.5. The van der Waals surface area contributed by atoms with Crippen LogP contribution in [0, 0.1) is 5.92 Å². The third kappa shape index (κ3) is 4.07. The molecular formula is C22H33N5O. The van der Waals surface area contributed by atoms with Crippen molar-refractivity contribution in [1.29, 1.82) is 0 Å². The Kier molecular flexibility index (Phi) is 5.67. The van der Waals surface area contributed by atoms with Gasteiger partial charge in [0.25, 0.3) is 5.56 Å². The molecule has 0 aromatic carbocycles. The highest BCUT2D eigenvalue weighted by Crippen LogP contribution is 2.26. The van der Waals surface area contributed by atoms with Gasteiger partial charge >= 0.3 is 0 Å². The second kappa shape index (κ2) is 8.19. The van der Waals surface area contributed by atoms with E-state index in [9.17, 15) is 4.79 Å². The molecule has 0 unspecified atom stereocenters. The minimum Gasteiger partial charge on any atom is -0.299 e. The van der Waals surface area contributed by atoms with Crippen molar-refractivity contribution >= 4 is 0 Å². The zero-order valence-electron chi connectivity index (χ0n) is 17.5. The first-order valence-corrected chi connectivity index (χ1v) is 10.8. The number of hydrogen-bond acceptors (Lipinski definition) is 4. The number of fused-ring (bicyclic) bond motifs is 1. The molecule has 1 aliphatic carbocycles. The summed E-state index contributed by atoms with van der Waals surface area (Å²) in [6.45, 7) is 8.13. The Labute approximate surface area is 167 Å². The van der Waals surface area contributed by atoms with Gasteiger partial charge in [-0.15, -0.1) is 0 Å². The Morgan fingerprint density at radius 2 is 1.93 bits per heavy atom. The number of hydrogen-bond donors (Lipinski definition) is 0. The molecule has 2 aliphatic rings. The van der Waals surface area contributed by atoms with Crippen LogP contribution in [0.15, 0.2) is 17.2 Å². The minimum absolute atomic E-state index is 0.0858. The van der Waals surface area contributed by atoms with Crippen LogP contribution < -0.4 is 5.56 Å². The lowest BCUT2D eigenvalue weighted by Crippen LogP contribution is -2.36. The third-order valence-corrected chi connectivity index (χ3v) is 6.48. The number of piperidine rings is 1. The lowest BCUT2D eigenvalue weighted by atomic mass is 9.94. The van der Waals surface area contributed by atoms with E-state index in [1.807, 2.05) is 0 Å². The predicted molar refractivity (Wildman–Crippen MR) is 110 cm³/mol. The van der Waals surface area contributed by atoms with Crippen molar-refractivity contribution in [2.75, 3.05) is 13.1 Å². The van der Waals surface area contributed by atoms with Gasteiger partial charge in [0, 0.05) is 26.2 Å². The van der Waals surface area contributed by atoms with Crippen LogP contribution in [-0.2, 0) is 33.0 Å². The van der Waals surface area contributed by atoms with Crippen molar-refractivity contribution in [3.05, 3.63) is 45.4 Å². The van der Waals surface area contributed by atoms with Crippen LogP contribution in [-0.4, -0.2) is 37.3 Å². The molecule has 3 heterocycles. The summed E-state index contributed by atoms with van der Waals surface area (Å²) in [5.41, 5.74) is 5.23. The molecule has 4 rings (SSSR count). The van der Waals surface area contributed by atoms with Crippen molar-refractivity contribution in [2.24, 2.45) is 13.0 Å². The van der Waals surface area contributed by atoms with Crippen molar-refractivity contribution in [2.45, 2.75) is 71.4 Å². The van der Waals surface area contributed by atoms with E-state index in [0.717, 1.165) is 51.1 Å². The maximum absolute atomic E-state index is 12.4. The van der Waals surface area contributed by atoms with E-state index in [0.29, 0.717) is 11.8 Å². The summed E-state index contributed by atoms with van der Waals surface area (Å²) < 4.78 is 3.91. The highest BCUT2D eigenvalue weighted by Gasteiger charge is 2.24. The Hall–Kier alpha value is -1.95. The van der Waals surface area contributed by atoms with Crippen molar-refractivity contribution in [1.82, 2.24) is 24.2 Å². The molecule has 0 saturated carbocycles. The second-order valence-corrected chi connectivity index (χ2v) is 8.88. The highest BCUT2D eigenvalue weighted by atomic mass is 16.1. The first-order valence-electron chi connectivity index (χ1n) is 10.8. The summed E-state index contributed by atoms with van der Waals surface area (Å²) in [6.07, 6.45) is 8.93. The van der Waals surface area contributed by atoms with Gasteiger partial charge in [-0.25, -0.2) is 4.98 Å². The number of nitrogens with zero attached hydrogens (tertiary/aromatic N) is 5. The van der Waals surface area contributed by atoms with Gasteiger partial charge in [-0.1, -0.05) is 13.8 Å². The summed E-state index contributed by atoms with van der Waals surface area (Å²) in [7, 11) is 2.10. The third-order valence-electron chi connectivity index (χ3n) is 6.48. The molecule has 152 valence electrons. The van der Waals surface area contributed by atoms with E-state index >= 15 is 0 Å². The van der Waals surface area contributed by atoms with Gasteiger partial charge in [-0.3, -0.25) is 18.9 Å². The average molecular weight is 384 g/mol. The lowest BCUT2D eigenvalue weighted by Gasteiger charge is -2.32. The average Bonchev–Trinajstić information content (AvgIpc) is 3.00. The van der Waals surface area contributed by atoms with Gasteiger partial charge in [-0.2, -0.15) is 5.10 Å². The van der Waals surface area contributed by atoms with E-state index in [-0.39, 0.29) is 5.56 Å². The highest BCUT2D eigenvalue weighted by molar-refractivity contribution is 5.28. The molecule has 0 bridgehead atoms. The largest absolute Gasteiger partial charge is 0.299 e. The molecule has 0 amide bonds. The van der Waals surface area contributed by atoms with Gasteiger partial charge in [-0.05, 0) is 69.0 Å². The van der Waals surface area contributed by atoms with Crippen LogP contribution in [0.5, 0.6) is 0 Å². The van der Waals surface area contributed by atoms with Crippen LogP contribution in [0.4, 0.5) is 0 Å². The lowest BCUT2D eigenvalue weighted by molar-refractivity contribution is 0.162. The first kappa shape index (κ1) is 19.4. The molecule has 0 spiro atoms. The number of aromatic nitrogens is 4. The second-order valence-electron chi connectivity index (χ2n) is 8.88. The van der Waals surface area contributed by atoms with Gasteiger partial charge < -0.3 is 0 Å². The van der Waals surface area contributed by atoms with Gasteiger partial charge in [0.1, 0.15) is 0 Å². The van der Waals surface area contributed by atoms with Crippen LogP contribution >= 0.6 is 0 Å².